The third kappa shape index (κ3) is 2.52. The van der Waals surface area contributed by atoms with E-state index in [-0.39, 0.29) is 25.4 Å². The zero-order chi connectivity index (χ0) is 15.9. The third-order valence-electron chi connectivity index (χ3n) is 4.32. The summed E-state index contributed by atoms with van der Waals surface area (Å²) in [5, 5.41) is 11.4. The standard InChI is InChI=1S/C17H19N3O2.ClH/c1-17(8-9-21,16(19)22)20-14-5-3-2-4-12(14)13-10-11(18)6-7-15(13)20;/h2-7,10,21H,8-9,18H2,1H3,(H2,19,22);1H. The number of nitrogens with two attached hydrogens (primary N) is 2. The maximum Gasteiger partial charge on any atom is 0.243 e. The molecule has 1 atom stereocenters. The number of halogens is 1. The summed E-state index contributed by atoms with van der Waals surface area (Å²) in [5.41, 5.74) is 13.0. The molecule has 3 aromatic rings. The van der Waals surface area contributed by atoms with Crippen LogP contribution in [-0.2, 0) is 10.3 Å². The number of aromatic nitrogens is 1. The van der Waals surface area contributed by atoms with Crippen LogP contribution in [0.5, 0.6) is 0 Å². The van der Waals surface area contributed by atoms with Gasteiger partial charge in [-0.15, -0.1) is 12.4 Å². The molecule has 122 valence electrons. The third-order valence-corrected chi connectivity index (χ3v) is 4.32. The van der Waals surface area contributed by atoms with Gasteiger partial charge in [-0.1, -0.05) is 18.2 Å². The summed E-state index contributed by atoms with van der Waals surface area (Å²) >= 11 is 0. The Balaban J connectivity index is 0.00000192. The molecule has 0 radical (unpaired) electrons. The lowest BCUT2D eigenvalue weighted by Gasteiger charge is -2.29. The monoisotopic (exact) mass is 333 g/mol. The number of nitrogens with zero attached hydrogens (tertiary/aromatic N) is 1. The first kappa shape index (κ1) is 17.1. The van der Waals surface area contributed by atoms with Crippen LogP contribution in [0.1, 0.15) is 13.3 Å². The van der Waals surface area contributed by atoms with E-state index >= 15 is 0 Å². The highest BCUT2D eigenvalue weighted by molar-refractivity contribution is 6.10. The van der Waals surface area contributed by atoms with Gasteiger partial charge in [-0.2, -0.15) is 0 Å². The average molecular weight is 334 g/mol. The molecular weight excluding hydrogens is 314 g/mol. The molecule has 1 unspecified atom stereocenters. The number of benzene rings is 2. The summed E-state index contributed by atoms with van der Waals surface area (Å²) < 4.78 is 1.91. The fourth-order valence-corrected chi connectivity index (χ4v) is 3.09. The second-order valence-corrected chi connectivity index (χ2v) is 5.74. The number of carbonyl (C=O) groups excluding carboxylic acids is 1. The highest BCUT2D eigenvalue weighted by atomic mass is 35.5. The molecule has 3 rings (SSSR count). The Bertz CT molecular complexity index is 875. The van der Waals surface area contributed by atoms with E-state index in [1.165, 1.54) is 0 Å². The number of rotatable bonds is 4. The maximum absolute atomic E-state index is 12.1. The first-order valence-corrected chi connectivity index (χ1v) is 7.19. The molecule has 5 N–H and O–H groups in total. The molecule has 2 aromatic carbocycles. The van der Waals surface area contributed by atoms with Crippen LogP contribution in [0.25, 0.3) is 21.8 Å². The van der Waals surface area contributed by atoms with Crippen LogP contribution in [0, 0.1) is 0 Å². The summed E-state index contributed by atoms with van der Waals surface area (Å²) in [6.45, 7) is 1.64. The number of anilines is 1. The van der Waals surface area contributed by atoms with Gasteiger partial charge in [0.1, 0.15) is 5.54 Å². The molecule has 0 saturated carbocycles. The predicted molar refractivity (Wildman–Crippen MR) is 95.6 cm³/mol. The molecule has 0 aliphatic heterocycles. The fraction of sp³-hybridized carbons (Fsp3) is 0.235. The quantitative estimate of drug-likeness (QED) is 0.640. The van der Waals surface area contributed by atoms with Crippen molar-refractivity contribution < 1.29 is 9.90 Å². The molecule has 1 amide bonds. The summed E-state index contributed by atoms with van der Waals surface area (Å²) in [7, 11) is 0. The van der Waals surface area contributed by atoms with Crippen molar-refractivity contribution in [1.82, 2.24) is 4.57 Å². The molecule has 5 nitrogen and oxygen atoms in total. The van der Waals surface area contributed by atoms with Crippen LogP contribution in [0.4, 0.5) is 5.69 Å². The number of para-hydroxylation sites is 1. The highest BCUT2D eigenvalue weighted by Crippen LogP contribution is 2.36. The largest absolute Gasteiger partial charge is 0.399 e. The van der Waals surface area contributed by atoms with Crippen molar-refractivity contribution in [3.63, 3.8) is 0 Å². The van der Waals surface area contributed by atoms with Crippen molar-refractivity contribution >= 4 is 45.8 Å². The number of fused-ring (bicyclic) bond motifs is 3. The molecule has 0 bridgehead atoms. The lowest BCUT2D eigenvalue weighted by Crippen LogP contribution is -2.44. The lowest BCUT2D eigenvalue weighted by atomic mass is 9.96. The van der Waals surface area contributed by atoms with Gasteiger partial charge < -0.3 is 21.1 Å². The van der Waals surface area contributed by atoms with E-state index < -0.39 is 11.4 Å². The molecule has 0 saturated heterocycles. The van der Waals surface area contributed by atoms with Crippen LogP contribution in [-0.4, -0.2) is 22.2 Å². The minimum absolute atomic E-state index is 0. The van der Waals surface area contributed by atoms with E-state index in [2.05, 4.69) is 0 Å². The Morgan fingerprint density at radius 2 is 1.83 bits per heavy atom. The minimum Gasteiger partial charge on any atom is -0.399 e. The van der Waals surface area contributed by atoms with Crippen LogP contribution < -0.4 is 11.5 Å². The molecule has 1 heterocycles. The number of primary amides is 1. The van der Waals surface area contributed by atoms with Gasteiger partial charge in [0.2, 0.25) is 5.91 Å². The lowest BCUT2D eigenvalue weighted by molar-refractivity contribution is -0.126. The van der Waals surface area contributed by atoms with Crippen LogP contribution in [0.15, 0.2) is 42.5 Å². The number of nitrogen functional groups attached to an aromatic ring is 1. The SMILES string of the molecule is CC(CCO)(C(N)=O)n1c2ccccc2c2cc(N)ccc21.Cl. The minimum atomic E-state index is -1.01. The number of hydrogen-bond donors (Lipinski definition) is 3. The number of carbonyl (C=O) groups is 1. The summed E-state index contributed by atoms with van der Waals surface area (Å²) in [4.78, 5) is 12.1. The van der Waals surface area contributed by atoms with Gasteiger partial charge in [0.05, 0.1) is 11.0 Å². The van der Waals surface area contributed by atoms with E-state index in [9.17, 15) is 9.90 Å². The van der Waals surface area contributed by atoms with Gasteiger partial charge in [0.15, 0.2) is 0 Å². The smallest absolute Gasteiger partial charge is 0.243 e. The van der Waals surface area contributed by atoms with Crippen molar-refractivity contribution in [3.8, 4) is 0 Å². The van der Waals surface area contributed by atoms with Crippen molar-refractivity contribution in [3.05, 3.63) is 42.5 Å². The molecule has 6 heteroatoms. The second kappa shape index (κ2) is 6.10. The predicted octanol–water partition coefficient (Wildman–Crippen LogP) is 2.38. The number of aliphatic hydroxyl groups is 1. The Labute approximate surface area is 140 Å². The topological polar surface area (TPSA) is 94.3 Å². The first-order valence-electron chi connectivity index (χ1n) is 7.19. The van der Waals surface area contributed by atoms with Crippen LogP contribution in [0.3, 0.4) is 0 Å². The zero-order valence-corrected chi connectivity index (χ0v) is 13.6. The van der Waals surface area contributed by atoms with E-state index in [4.69, 9.17) is 11.5 Å². The Hall–Kier alpha value is -2.24. The van der Waals surface area contributed by atoms with Crippen molar-refractivity contribution in [2.75, 3.05) is 12.3 Å². The molecule has 1 aromatic heterocycles. The van der Waals surface area contributed by atoms with Crippen LogP contribution in [0.2, 0.25) is 0 Å². The van der Waals surface area contributed by atoms with Crippen molar-refractivity contribution in [1.29, 1.82) is 0 Å². The highest BCUT2D eigenvalue weighted by Gasteiger charge is 2.35. The zero-order valence-electron chi connectivity index (χ0n) is 12.8. The number of hydrogen-bond acceptors (Lipinski definition) is 3. The molecule has 0 fully saturated rings. The van der Waals surface area contributed by atoms with Gasteiger partial charge in [-0.25, -0.2) is 0 Å². The average Bonchev–Trinajstić information content (AvgIpc) is 2.81. The van der Waals surface area contributed by atoms with Gasteiger partial charge >= 0.3 is 0 Å². The second-order valence-electron chi connectivity index (χ2n) is 5.74. The summed E-state index contributed by atoms with van der Waals surface area (Å²) in [5.74, 6) is -0.471. The molecule has 0 spiro atoms. The van der Waals surface area contributed by atoms with Crippen molar-refractivity contribution in [2.24, 2.45) is 5.73 Å². The first-order chi connectivity index (χ1) is 10.5. The Morgan fingerprint density at radius 3 is 2.48 bits per heavy atom. The van der Waals surface area contributed by atoms with Gasteiger partial charge in [0, 0.05) is 29.5 Å². The molecule has 23 heavy (non-hydrogen) atoms. The molecular formula is C17H20ClN3O2. The maximum atomic E-state index is 12.1. The Morgan fingerprint density at radius 1 is 1.17 bits per heavy atom. The number of amides is 1. The summed E-state index contributed by atoms with van der Waals surface area (Å²) in [6, 6.07) is 13.4. The van der Waals surface area contributed by atoms with E-state index in [1.807, 2.05) is 41.0 Å². The molecule has 0 aliphatic carbocycles. The normalized spacial score (nSPS) is 13.7. The van der Waals surface area contributed by atoms with E-state index in [1.54, 1.807) is 13.0 Å². The fourth-order valence-electron chi connectivity index (χ4n) is 3.09. The number of aliphatic hydroxyl groups excluding tert-OH is 1. The Kier molecular flexibility index (Phi) is 4.54. The molecule has 0 aliphatic rings. The summed E-state index contributed by atoms with van der Waals surface area (Å²) in [6.07, 6.45) is 0.250. The van der Waals surface area contributed by atoms with Gasteiger partial charge in [-0.05, 0) is 31.2 Å². The van der Waals surface area contributed by atoms with E-state index in [0.717, 1.165) is 21.8 Å². The van der Waals surface area contributed by atoms with Crippen LogP contribution >= 0.6 is 12.4 Å². The van der Waals surface area contributed by atoms with Gasteiger partial charge in [-0.3, -0.25) is 4.79 Å². The van der Waals surface area contributed by atoms with Gasteiger partial charge in [0.25, 0.3) is 0 Å². The van der Waals surface area contributed by atoms with Crippen molar-refractivity contribution in [2.45, 2.75) is 18.9 Å². The van der Waals surface area contributed by atoms with E-state index in [0.29, 0.717) is 5.69 Å².